The number of nitrogens with two attached hydrogens (primary N) is 1. The quantitative estimate of drug-likeness (QED) is 0.540. The van der Waals surface area contributed by atoms with E-state index in [-0.39, 0.29) is 15.5 Å². The SMILES string of the molecule is Nc1c(S(=O)Br)cc(S(=O)Br)cc1S(=O)Br. The molecular formula is C6H4Br3NO3S3. The molecular weight excluding hydrogens is 470 g/mol. The molecule has 0 radical (unpaired) electrons. The third kappa shape index (κ3) is 3.45. The van der Waals surface area contributed by atoms with E-state index >= 15 is 0 Å². The highest BCUT2D eigenvalue weighted by molar-refractivity contribution is 9.46. The molecule has 4 nitrogen and oxygen atoms in total. The van der Waals surface area contributed by atoms with Gasteiger partial charge in [-0.2, -0.15) is 0 Å². The van der Waals surface area contributed by atoms with Gasteiger partial charge in [-0.15, -0.1) is 0 Å². The first kappa shape index (κ1) is 15.0. The molecule has 1 aromatic rings. The Balaban J connectivity index is 3.57. The standard InChI is InChI=1S/C6H4Br3NO3S3/c7-14(11)3-1-4(15(8)12)6(10)5(2-3)16(9)13/h1-2H,10H2. The van der Waals surface area contributed by atoms with Crippen molar-refractivity contribution in [2.24, 2.45) is 0 Å². The second-order valence-electron chi connectivity index (χ2n) is 2.50. The van der Waals surface area contributed by atoms with Crippen molar-refractivity contribution in [2.45, 2.75) is 14.7 Å². The Morgan fingerprint density at radius 2 is 1.25 bits per heavy atom. The topological polar surface area (TPSA) is 77.2 Å². The highest BCUT2D eigenvalue weighted by Crippen LogP contribution is 2.31. The summed E-state index contributed by atoms with van der Waals surface area (Å²) in [5.41, 5.74) is 5.84. The summed E-state index contributed by atoms with van der Waals surface area (Å²) in [6.07, 6.45) is 0. The molecule has 0 aliphatic heterocycles. The van der Waals surface area contributed by atoms with Gasteiger partial charge in [-0.25, -0.2) is 12.6 Å². The van der Waals surface area contributed by atoms with Gasteiger partial charge < -0.3 is 5.73 Å². The Morgan fingerprint density at radius 3 is 1.50 bits per heavy atom. The molecule has 0 spiro atoms. The van der Waals surface area contributed by atoms with Crippen molar-refractivity contribution in [1.29, 1.82) is 0 Å². The molecule has 0 heterocycles. The maximum Gasteiger partial charge on any atom is 0.124 e. The van der Waals surface area contributed by atoms with Crippen molar-refractivity contribution in [1.82, 2.24) is 0 Å². The summed E-state index contributed by atoms with van der Waals surface area (Å²) in [6, 6.07) is 2.85. The van der Waals surface area contributed by atoms with Gasteiger partial charge in [0, 0.05) is 44.4 Å². The lowest BCUT2D eigenvalue weighted by atomic mass is 10.3. The van der Waals surface area contributed by atoms with Crippen LogP contribution in [0.5, 0.6) is 0 Å². The molecule has 0 bridgehead atoms. The second-order valence-corrected chi connectivity index (χ2v) is 10.5. The number of benzene rings is 1. The predicted molar refractivity (Wildman–Crippen MR) is 76.9 cm³/mol. The van der Waals surface area contributed by atoms with Gasteiger partial charge in [0.05, 0.1) is 20.4 Å². The van der Waals surface area contributed by atoms with Gasteiger partial charge in [-0.3, -0.25) is 0 Å². The highest BCUT2D eigenvalue weighted by Gasteiger charge is 2.16. The lowest BCUT2D eigenvalue weighted by Gasteiger charge is -2.07. The average molecular weight is 474 g/mol. The van der Waals surface area contributed by atoms with Crippen molar-refractivity contribution in [3.63, 3.8) is 0 Å². The van der Waals surface area contributed by atoms with Crippen LogP contribution in [-0.2, 0) is 27.7 Å². The Bertz CT molecular complexity index is 472. The molecule has 1 rings (SSSR count). The fraction of sp³-hybridized carbons (Fsp3) is 0. The average Bonchev–Trinajstić information content (AvgIpc) is 2.16. The van der Waals surface area contributed by atoms with Gasteiger partial charge in [0.2, 0.25) is 0 Å². The summed E-state index contributed by atoms with van der Waals surface area (Å²) in [5, 5.41) is 0. The zero-order valence-electron chi connectivity index (χ0n) is 7.32. The lowest BCUT2D eigenvalue weighted by molar-refractivity contribution is 0.690. The molecule has 0 saturated carbocycles. The van der Waals surface area contributed by atoms with E-state index in [2.05, 4.69) is 44.4 Å². The number of anilines is 1. The monoisotopic (exact) mass is 471 g/mol. The van der Waals surface area contributed by atoms with Gasteiger partial charge in [-0.1, -0.05) is 0 Å². The fourth-order valence-electron chi connectivity index (χ4n) is 0.935. The molecule has 1 aromatic carbocycles. The molecule has 16 heavy (non-hydrogen) atoms. The molecule has 90 valence electrons. The molecule has 0 aliphatic carbocycles. The molecule has 3 unspecified atom stereocenters. The normalized spacial score (nSPS) is 16.7. The summed E-state index contributed by atoms with van der Waals surface area (Å²) in [7, 11) is -4.48. The van der Waals surface area contributed by atoms with E-state index in [1.54, 1.807) is 0 Å². The Kier molecular flexibility index (Phi) is 5.79. The van der Waals surface area contributed by atoms with Crippen LogP contribution in [-0.4, -0.2) is 12.6 Å². The Labute approximate surface area is 122 Å². The van der Waals surface area contributed by atoms with E-state index in [0.29, 0.717) is 4.90 Å². The molecule has 0 aliphatic rings. The van der Waals surface area contributed by atoms with E-state index in [9.17, 15) is 12.6 Å². The fourth-order valence-corrected chi connectivity index (χ4v) is 4.74. The van der Waals surface area contributed by atoms with Crippen molar-refractivity contribution in [3.05, 3.63) is 12.1 Å². The molecule has 0 saturated heterocycles. The van der Waals surface area contributed by atoms with E-state index in [4.69, 9.17) is 5.73 Å². The largest absolute Gasteiger partial charge is 0.397 e. The van der Waals surface area contributed by atoms with Gasteiger partial charge >= 0.3 is 0 Å². The zero-order valence-corrected chi connectivity index (χ0v) is 14.5. The molecule has 3 atom stereocenters. The minimum atomic E-state index is -1.52. The molecule has 0 aromatic heterocycles. The zero-order chi connectivity index (χ0) is 12.5. The van der Waals surface area contributed by atoms with Crippen molar-refractivity contribution >= 4 is 77.8 Å². The Morgan fingerprint density at radius 1 is 0.875 bits per heavy atom. The van der Waals surface area contributed by atoms with E-state index in [0.717, 1.165) is 0 Å². The van der Waals surface area contributed by atoms with Crippen LogP contribution in [0, 0.1) is 0 Å². The number of rotatable bonds is 3. The van der Waals surface area contributed by atoms with E-state index in [1.807, 2.05) is 0 Å². The third-order valence-corrected chi connectivity index (χ3v) is 6.80. The first-order valence-electron chi connectivity index (χ1n) is 3.52. The number of hydrogen-bond acceptors (Lipinski definition) is 4. The molecule has 10 heteroatoms. The maximum atomic E-state index is 11.3. The predicted octanol–water partition coefficient (Wildman–Crippen LogP) is 2.52. The third-order valence-electron chi connectivity index (χ3n) is 1.61. The first-order chi connectivity index (χ1) is 7.34. The van der Waals surface area contributed by atoms with Crippen LogP contribution in [0.15, 0.2) is 26.8 Å². The second kappa shape index (κ2) is 6.19. The van der Waals surface area contributed by atoms with E-state index in [1.165, 1.54) is 12.1 Å². The van der Waals surface area contributed by atoms with Crippen LogP contribution in [0.3, 0.4) is 0 Å². The van der Waals surface area contributed by atoms with Crippen LogP contribution in [0.2, 0.25) is 0 Å². The Hall–Kier alpha value is 0.910. The van der Waals surface area contributed by atoms with Crippen molar-refractivity contribution < 1.29 is 12.6 Å². The van der Waals surface area contributed by atoms with Crippen LogP contribution in [0.25, 0.3) is 0 Å². The number of nitrogen functional groups attached to an aromatic ring is 1. The van der Waals surface area contributed by atoms with Crippen LogP contribution < -0.4 is 5.73 Å². The summed E-state index contributed by atoms with van der Waals surface area (Å²) in [5.74, 6) is 0. The van der Waals surface area contributed by atoms with Gasteiger partial charge in [0.15, 0.2) is 0 Å². The minimum absolute atomic E-state index is 0.145. The summed E-state index contributed by atoms with van der Waals surface area (Å²) in [6.45, 7) is 0. The van der Waals surface area contributed by atoms with Crippen molar-refractivity contribution in [2.75, 3.05) is 5.73 Å². The molecule has 0 fully saturated rings. The molecule has 2 N–H and O–H groups in total. The highest BCUT2D eigenvalue weighted by atomic mass is 79.9. The minimum Gasteiger partial charge on any atom is -0.397 e. The summed E-state index contributed by atoms with van der Waals surface area (Å²) in [4.78, 5) is 0.834. The first-order valence-corrected chi connectivity index (χ1v) is 12.5. The van der Waals surface area contributed by atoms with Gasteiger partial charge in [0.25, 0.3) is 0 Å². The smallest absolute Gasteiger partial charge is 0.124 e. The van der Waals surface area contributed by atoms with Crippen LogP contribution in [0.1, 0.15) is 0 Å². The van der Waals surface area contributed by atoms with Gasteiger partial charge in [0.1, 0.15) is 27.7 Å². The summed E-state index contributed by atoms with van der Waals surface area (Å²) >= 11 is 8.60. The number of halogens is 3. The van der Waals surface area contributed by atoms with Crippen molar-refractivity contribution in [3.8, 4) is 0 Å². The maximum absolute atomic E-state index is 11.3. The van der Waals surface area contributed by atoms with E-state index < -0.39 is 27.7 Å². The van der Waals surface area contributed by atoms with Crippen LogP contribution in [0.4, 0.5) is 5.69 Å². The van der Waals surface area contributed by atoms with Gasteiger partial charge in [-0.05, 0) is 12.1 Å². The summed E-state index contributed by atoms with van der Waals surface area (Å²) < 4.78 is 33.9. The molecule has 0 amide bonds. The lowest BCUT2D eigenvalue weighted by Crippen LogP contribution is -2.00. The van der Waals surface area contributed by atoms with Crippen LogP contribution >= 0.6 is 44.4 Å². The number of hydrogen-bond donors (Lipinski definition) is 1.